The lowest BCUT2D eigenvalue weighted by atomic mass is 9.57. The first-order valence-electron chi connectivity index (χ1n) is 19.4. The quantitative estimate of drug-likeness (QED) is 0.123. The van der Waals surface area contributed by atoms with Gasteiger partial charge in [0.15, 0.2) is 18.5 Å². The summed E-state index contributed by atoms with van der Waals surface area (Å²) < 4.78 is 24.0. The Labute approximate surface area is 298 Å². The van der Waals surface area contributed by atoms with Crippen LogP contribution in [0.5, 0.6) is 0 Å². The third-order valence-electron chi connectivity index (χ3n) is 13.9. The molecule has 12 N–H and O–H groups in total. The largest absolute Gasteiger partial charge is 0.426 e. The van der Waals surface area contributed by atoms with Crippen LogP contribution in [0.3, 0.4) is 0 Å². The van der Waals surface area contributed by atoms with Gasteiger partial charge < -0.3 is 75.1 Å². The van der Waals surface area contributed by atoms with Crippen LogP contribution in [0.25, 0.3) is 0 Å². The van der Waals surface area contributed by atoms with Gasteiger partial charge in [0.25, 0.3) is 0 Å². The Morgan fingerprint density at radius 3 is 1.80 bits per heavy atom. The van der Waals surface area contributed by atoms with Crippen LogP contribution in [0.2, 0.25) is 0 Å². The summed E-state index contributed by atoms with van der Waals surface area (Å²) >= 11 is 0. The number of fused-ring (bicyclic) bond motifs is 2. The van der Waals surface area contributed by atoms with Crippen molar-refractivity contribution < 1.29 is 75.1 Å². The van der Waals surface area contributed by atoms with Gasteiger partial charge in [-0.3, -0.25) is 0 Å². The molecule has 51 heavy (non-hydrogen) atoms. The fourth-order valence-corrected chi connectivity index (χ4v) is 11.3. The molecule has 15 nitrogen and oxygen atoms in total. The van der Waals surface area contributed by atoms with Gasteiger partial charge in [-0.25, -0.2) is 0 Å². The lowest BCUT2D eigenvalue weighted by Crippen LogP contribution is -2.69. The molecule has 0 aromatic carbocycles. The molecule has 0 radical (unpaired) electrons. The van der Waals surface area contributed by atoms with E-state index in [2.05, 4.69) is 0 Å². The molecule has 294 valence electrons. The summed E-state index contributed by atoms with van der Waals surface area (Å²) in [6.45, 7) is -0.617. The molecule has 19 atom stereocenters. The van der Waals surface area contributed by atoms with E-state index < -0.39 is 134 Å². The number of aliphatic hydroxyl groups excluding tert-OH is 11. The number of hydrogen-bond donors (Lipinski definition) is 11. The van der Waals surface area contributed by atoms with Crippen LogP contribution in [0.1, 0.15) is 77.0 Å². The molecule has 3 saturated heterocycles. The summed E-state index contributed by atoms with van der Waals surface area (Å²) in [5.41, 5.74) is 0. The molecule has 0 amide bonds. The molecule has 7 aliphatic rings. The Bertz CT molecular complexity index is 1130. The van der Waals surface area contributed by atoms with Crippen LogP contribution in [0, 0.1) is 35.5 Å². The van der Waals surface area contributed by atoms with Crippen LogP contribution in [-0.4, -0.2) is 171 Å². The molecular formula is C36H61O15+. The molecule has 7 rings (SSSR count). The molecule has 7 fully saturated rings. The fraction of sp³-hybridized carbons (Fsp3) is 1.00. The lowest BCUT2D eigenvalue weighted by Gasteiger charge is -2.58. The van der Waals surface area contributed by atoms with Crippen molar-refractivity contribution in [2.45, 2.75) is 181 Å². The summed E-state index contributed by atoms with van der Waals surface area (Å²) in [6, 6.07) is 0. The van der Waals surface area contributed by atoms with Crippen LogP contribution in [0.4, 0.5) is 0 Å². The first-order valence-corrected chi connectivity index (χ1v) is 19.4. The molecule has 3 heterocycles. The molecule has 0 aromatic heterocycles. The zero-order valence-corrected chi connectivity index (χ0v) is 29.1. The van der Waals surface area contributed by atoms with Gasteiger partial charge in [-0.15, -0.1) is 0 Å². The van der Waals surface area contributed by atoms with Crippen molar-refractivity contribution in [3.05, 3.63) is 0 Å². The van der Waals surface area contributed by atoms with Gasteiger partial charge in [0.2, 0.25) is 0 Å². The van der Waals surface area contributed by atoms with Gasteiger partial charge in [-0.05, 0) is 76.5 Å². The van der Waals surface area contributed by atoms with Crippen molar-refractivity contribution in [1.82, 2.24) is 0 Å². The van der Waals surface area contributed by atoms with Crippen molar-refractivity contribution in [2.75, 3.05) is 6.61 Å². The molecule has 0 bridgehead atoms. The van der Waals surface area contributed by atoms with E-state index in [0.717, 1.165) is 0 Å². The summed E-state index contributed by atoms with van der Waals surface area (Å²) in [4.78, 5) is 0. The minimum absolute atomic E-state index is 0.00508. The minimum atomic E-state index is -1.64. The first-order chi connectivity index (χ1) is 24.4. The number of ether oxygens (including phenoxy) is 4. The second-order valence-electron chi connectivity index (χ2n) is 17.0. The molecule has 15 heteroatoms. The van der Waals surface area contributed by atoms with E-state index in [1.807, 2.05) is 0 Å². The minimum Gasteiger partial charge on any atom is -0.426 e. The molecule has 4 aliphatic carbocycles. The zero-order chi connectivity index (χ0) is 36.3. The van der Waals surface area contributed by atoms with Gasteiger partial charge in [0.1, 0.15) is 30.5 Å². The highest BCUT2D eigenvalue weighted by atomic mass is 16.7. The first kappa shape index (κ1) is 38.7. The monoisotopic (exact) mass is 733 g/mol. The van der Waals surface area contributed by atoms with Gasteiger partial charge in [0, 0.05) is 24.2 Å². The maximum absolute atomic E-state index is 12.3. The van der Waals surface area contributed by atoms with Crippen molar-refractivity contribution in [1.29, 1.82) is 0 Å². The third kappa shape index (κ3) is 7.53. The standard InChI is InChI=1S/C36H60O15/c37-13-25-29(44)31(46)32(47)36(50-25)49-24-11-19-20(41)12-22(43)27(35(19)51-33(24)14-1-5-16(38)6-2-14)28-26-21(42)9-18(40)10-23(26)48-34(30(28)45)15-3-7-17(39)8-4-15/h14-47H,1-13H2/p+1/t14?,15?,16?,17?,18?,19?,20?,21?,22?,23?,24?,25-,26?,27?,28+,29-,30+,31+,32-,33?,34-,35?,36-/m1/s1. The van der Waals surface area contributed by atoms with E-state index in [4.69, 9.17) is 18.9 Å². The van der Waals surface area contributed by atoms with Crippen molar-refractivity contribution in [3.63, 3.8) is 0 Å². The Morgan fingerprint density at radius 1 is 0.529 bits per heavy atom. The van der Waals surface area contributed by atoms with Crippen molar-refractivity contribution in [2.24, 2.45) is 35.5 Å². The van der Waals surface area contributed by atoms with E-state index in [1.165, 1.54) is 0 Å². The van der Waals surface area contributed by atoms with Crippen LogP contribution < -0.4 is 0 Å². The average Bonchev–Trinajstić information content (AvgIpc) is 3.10. The maximum atomic E-state index is 12.3. The summed E-state index contributed by atoms with van der Waals surface area (Å²) in [7, 11) is 0. The van der Waals surface area contributed by atoms with E-state index >= 15 is 0 Å². The SMILES string of the molecule is OC[C@H]1O[C@@H](OC2CC3C(O)CC(O)C([C@@H]4C5C(O)CC(O)CC5O[C@H](C5CCC(O)CC5)[C@H]4O)C3[OH+]C2C2CCC(O)CC2)[C@H](O)[C@@H](O)[C@@H]1O. The summed E-state index contributed by atoms with van der Waals surface area (Å²) in [6.07, 6.45) is -11.0. The second kappa shape index (κ2) is 15.9. The number of rotatable bonds is 6. The average molecular weight is 734 g/mol. The van der Waals surface area contributed by atoms with Crippen molar-refractivity contribution in [3.8, 4) is 0 Å². The molecule has 0 aromatic rings. The highest BCUT2D eigenvalue weighted by Crippen LogP contribution is 2.53. The summed E-state index contributed by atoms with van der Waals surface area (Å²) in [5.74, 6) is -2.67. The zero-order valence-electron chi connectivity index (χ0n) is 29.1. The highest BCUT2D eigenvalue weighted by Gasteiger charge is 2.64. The predicted octanol–water partition coefficient (Wildman–Crippen LogP) is -2.82. The molecule has 0 spiro atoms. The Kier molecular flexibility index (Phi) is 12.0. The van der Waals surface area contributed by atoms with E-state index in [-0.39, 0.29) is 37.5 Å². The van der Waals surface area contributed by atoms with Gasteiger partial charge >= 0.3 is 0 Å². The Balaban J connectivity index is 1.21. The van der Waals surface area contributed by atoms with Crippen LogP contribution in [0.15, 0.2) is 0 Å². The van der Waals surface area contributed by atoms with Crippen LogP contribution in [-0.2, 0) is 14.2 Å². The molecule has 3 aliphatic heterocycles. The van der Waals surface area contributed by atoms with Crippen molar-refractivity contribution >= 4 is 0 Å². The van der Waals surface area contributed by atoms with E-state index in [9.17, 15) is 56.2 Å². The maximum Gasteiger partial charge on any atom is 0.187 e. The van der Waals surface area contributed by atoms with Gasteiger partial charge in [0.05, 0.1) is 73.4 Å². The smallest absolute Gasteiger partial charge is 0.187 e. The molecule has 11 unspecified atom stereocenters. The Morgan fingerprint density at radius 2 is 1.16 bits per heavy atom. The second-order valence-corrected chi connectivity index (χ2v) is 17.0. The lowest BCUT2D eigenvalue weighted by molar-refractivity contribution is -0.370. The topological polar surface area (TPSA) is 263 Å². The Hall–Kier alpha value is -0.600. The van der Waals surface area contributed by atoms with Gasteiger partial charge in [-0.1, -0.05) is 0 Å². The fourth-order valence-electron chi connectivity index (χ4n) is 11.3. The highest BCUT2D eigenvalue weighted by molar-refractivity contribution is 5.09. The van der Waals surface area contributed by atoms with E-state index in [1.54, 1.807) is 0 Å². The van der Waals surface area contributed by atoms with Crippen LogP contribution >= 0.6 is 0 Å². The number of aliphatic hydroxyl groups is 13. The third-order valence-corrected chi connectivity index (χ3v) is 13.9. The molecule has 4 saturated carbocycles. The predicted molar refractivity (Wildman–Crippen MR) is 175 cm³/mol. The molecular weight excluding hydrogens is 672 g/mol. The number of hydrogen-bond acceptors (Lipinski definition) is 14. The normalized spacial score (nSPS) is 56.9. The van der Waals surface area contributed by atoms with E-state index in [0.29, 0.717) is 51.4 Å². The summed E-state index contributed by atoms with van der Waals surface area (Å²) in [5, 5.41) is 120. The van der Waals surface area contributed by atoms with Gasteiger partial charge in [-0.2, -0.15) is 0 Å².